The first-order valence-electron chi connectivity index (χ1n) is 11.6. The SMILES string of the molecule is CCOC(=O)C1CCN(C(c2ccc(Cl)cc2)c2c(NC(C)=O)sc3c2CCCC3)CC1. The molecule has 1 aromatic heterocycles. The van der Waals surface area contributed by atoms with E-state index >= 15 is 0 Å². The molecule has 2 heterocycles. The number of likely N-dealkylation sites (tertiary alicyclic amines) is 1. The van der Waals surface area contributed by atoms with Gasteiger partial charge in [0.25, 0.3) is 0 Å². The van der Waals surface area contributed by atoms with Crippen molar-refractivity contribution in [3.63, 3.8) is 0 Å². The molecule has 0 radical (unpaired) electrons. The predicted molar refractivity (Wildman–Crippen MR) is 129 cm³/mol. The van der Waals surface area contributed by atoms with Crippen molar-refractivity contribution in [1.29, 1.82) is 0 Å². The van der Waals surface area contributed by atoms with Gasteiger partial charge in [0.05, 0.1) is 18.6 Å². The fraction of sp³-hybridized carbons (Fsp3) is 0.520. The van der Waals surface area contributed by atoms with Crippen LogP contribution in [0, 0.1) is 5.92 Å². The van der Waals surface area contributed by atoms with Crippen molar-refractivity contribution < 1.29 is 14.3 Å². The highest BCUT2D eigenvalue weighted by Gasteiger charge is 2.35. The zero-order valence-corrected chi connectivity index (χ0v) is 20.4. The monoisotopic (exact) mass is 474 g/mol. The molecule has 172 valence electrons. The number of rotatable bonds is 6. The minimum absolute atomic E-state index is 0.0235. The summed E-state index contributed by atoms with van der Waals surface area (Å²) >= 11 is 7.94. The second-order valence-corrected chi connectivity index (χ2v) is 10.2. The minimum Gasteiger partial charge on any atom is -0.466 e. The molecule has 1 amide bonds. The molecule has 4 rings (SSSR count). The number of piperidine rings is 1. The summed E-state index contributed by atoms with van der Waals surface area (Å²) in [5, 5.41) is 4.81. The van der Waals surface area contributed by atoms with Crippen molar-refractivity contribution in [3.8, 4) is 0 Å². The number of carbonyl (C=O) groups is 2. The predicted octanol–water partition coefficient (Wildman–Crippen LogP) is 5.60. The Morgan fingerprint density at radius 1 is 1.19 bits per heavy atom. The molecule has 0 spiro atoms. The van der Waals surface area contributed by atoms with Crippen molar-refractivity contribution in [1.82, 2.24) is 4.90 Å². The zero-order chi connectivity index (χ0) is 22.7. The van der Waals surface area contributed by atoms with Crippen LogP contribution in [0.3, 0.4) is 0 Å². The van der Waals surface area contributed by atoms with Crippen LogP contribution in [0.1, 0.15) is 67.1 Å². The second kappa shape index (κ2) is 10.4. The van der Waals surface area contributed by atoms with E-state index in [0.717, 1.165) is 43.8 Å². The van der Waals surface area contributed by atoms with Gasteiger partial charge in [0.15, 0.2) is 0 Å². The van der Waals surface area contributed by atoms with E-state index in [2.05, 4.69) is 22.3 Å². The summed E-state index contributed by atoms with van der Waals surface area (Å²) < 4.78 is 5.27. The number of hydrogen-bond acceptors (Lipinski definition) is 5. The summed E-state index contributed by atoms with van der Waals surface area (Å²) in [6, 6.07) is 8.08. The molecule has 0 bridgehead atoms. The van der Waals surface area contributed by atoms with Gasteiger partial charge in [0.1, 0.15) is 5.00 Å². The van der Waals surface area contributed by atoms with E-state index in [4.69, 9.17) is 16.3 Å². The van der Waals surface area contributed by atoms with Crippen LogP contribution < -0.4 is 5.32 Å². The lowest BCUT2D eigenvalue weighted by Crippen LogP contribution is -2.40. The van der Waals surface area contributed by atoms with Crippen LogP contribution in [0.5, 0.6) is 0 Å². The number of anilines is 1. The number of carbonyl (C=O) groups excluding carboxylic acids is 2. The lowest BCUT2D eigenvalue weighted by molar-refractivity contribution is -0.149. The molecule has 1 aromatic carbocycles. The number of benzene rings is 1. The fourth-order valence-electron chi connectivity index (χ4n) is 4.99. The number of amides is 1. The normalized spacial score (nSPS) is 18.1. The van der Waals surface area contributed by atoms with Crippen molar-refractivity contribution in [2.24, 2.45) is 5.92 Å². The van der Waals surface area contributed by atoms with Gasteiger partial charge in [-0.2, -0.15) is 0 Å². The topological polar surface area (TPSA) is 58.6 Å². The van der Waals surface area contributed by atoms with E-state index in [0.29, 0.717) is 11.6 Å². The van der Waals surface area contributed by atoms with Crippen LogP contribution in [0.4, 0.5) is 5.00 Å². The molecule has 32 heavy (non-hydrogen) atoms. The third-order valence-corrected chi connectivity index (χ3v) is 7.95. The van der Waals surface area contributed by atoms with Gasteiger partial charge in [-0.25, -0.2) is 0 Å². The number of esters is 1. The van der Waals surface area contributed by atoms with Gasteiger partial charge in [0, 0.05) is 22.4 Å². The molecule has 1 saturated heterocycles. The van der Waals surface area contributed by atoms with Crippen LogP contribution in [0.15, 0.2) is 24.3 Å². The van der Waals surface area contributed by atoms with Crippen LogP contribution in [-0.2, 0) is 27.2 Å². The number of aryl methyl sites for hydroxylation is 1. The molecule has 1 fully saturated rings. The molecule has 1 aliphatic heterocycles. The summed E-state index contributed by atoms with van der Waals surface area (Å²) in [5.74, 6) is -0.161. The Morgan fingerprint density at radius 3 is 2.53 bits per heavy atom. The van der Waals surface area contributed by atoms with Crippen LogP contribution in [0.25, 0.3) is 0 Å². The van der Waals surface area contributed by atoms with E-state index < -0.39 is 0 Å². The maximum Gasteiger partial charge on any atom is 0.309 e. The third-order valence-electron chi connectivity index (χ3n) is 6.48. The molecule has 0 saturated carbocycles. The number of ether oxygens (including phenoxy) is 1. The largest absolute Gasteiger partial charge is 0.466 e. The molecule has 2 aromatic rings. The Labute approximate surface area is 199 Å². The van der Waals surface area contributed by atoms with Gasteiger partial charge in [0.2, 0.25) is 5.91 Å². The highest BCUT2D eigenvalue weighted by molar-refractivity contribution is 7.16. The zero-order valence-electron chi connectivity index (χ0n) is 18.8. The highest BCUT2D eigenvalue weighted by atomic mass is 35.5. The van der Waals surface area contributed by atoms with Crippen LogP contribution in [0.2, 0.25) is 5.02 Å². The Morgan fingerprint density at radius 2 is 1.88 bits per heavy atom. The summed E-state index contributed by atoms with van der Waals surface area (Å²) in [4.78, 5) is 28.2. The minimum atomic E-state index is -0.0814. The average Bonchev–Trinajstić information content (AvgIpc) is 3.13. The first-order valence-corrected chi connectivity index (χ1v) is 12.8. The molecular weight excluding hydrogens is 444 g/mol. The van der Waals surface area contributed by atoms with Crippen LogP contribution >= 0.6 is 22.9 Å². The number of hydrogen-bond donors (Lipinski definition) is 1. The average molecular weight is 475 g/mol. The molecule has 1 aliphatic carbocycles. The smallest absolute Gasteiger partial charge is 0.309 e. The molecule has 5 nitrogen and oxygen atoms in total. The molecular formula is C25H31ClN2O3S. The van der Waals surface area contributed by atoms with E-state index in [1.54, 1.807) is 18.3 Å². The third kappa shape index (κ3) is 5.03. The maximum absolute atomic E-state index is 12.3. The Kier molecular flexibility index (Phi) is 7.54. The maximum atomic E-state index is 12.3. The molecule has 7 heteroatoms. The Balaban J connectivity index is 1.72. The fourth-order valence-corrected chi connectivity index (χ4v) is 6.48. The number of nitrogens with zero attached hydrogens (tertiary/aromatic N) is 1. The van der Waals surface area contributed by atoms with Gasteiger partial charge < -0.3 is 10.1 Å². The van der Waals surface area contributed by atoms with E-state index in [-0.39, 0.29) is 23.8 Å². The summed E-state index contributed by atoms with van der Waals surface area (Å²) in [7, 11) is 0. The van der Waals surface area contributed by atoms with E-state index in [1.165, 1.54) is 34.4 Å². The lowest BCUT2D eigenvalue weighted by atomic mass is 9.87. The summed E-state index contributed by atoms with van der Waals surface area (Å²) in [5.41, 5.74) is 3.80. The number of halogens is 1. The first kappa shape index (κ1) is 23.3. The second-order valence-electron chi connectivity index (χ2n) is 8.65. The highest BCUT2D eigenvalue weighted by Crippen LogP contribution is 2.46. The lowest BCUT2D eigenvalue weighted by Gasteiger charge is -2.38. The summed E-state index contributed by atoms with van der Waals surface area (Å²) in [6.45, 7) is 5.47. The number of nitrogens with one attached hydrogen (secondary N) is 1. The van der Waals surface area contributed by atoms with Crippen LogP contribution in [-0.4, -0.2) is 36.5 Å². The number of thiophene rings is 1. The van der Waals surface area contributed by atoms with Crippen molar-refractivity contribution in [3.05, 3.63) is 50.9 Å². The van der Waals surface area contributed by atoms with Crippen molar-refractivity contribution >= 4 is 39.8 Å². The standard InChI is InChI=1S/C25H31ClN2O3S/c1-3-31-25(30)18-12-14-28(15-13-18)23(17-8-10-19(26)11-9-17)22-20-6-4-5-7-21(20)32-24(22)27-16(2)29/h8-11,18,23H,3-7,12-15H2,1-2H3,(H,27,29). The Hall–Kier alpha value is -1.89. The molecule has 2 aliphatic rings. The number of fused-ring (bicyclic) bond motifs is 1. The van der Waals surface area contributed by atoms with Gasteiger partial charge in [-0.05, 0) is 81.8 Å². The van der Waals surface area contributed by atoms with Gasteiger partial charge in [-0.1, -0.05) is 23.7 Å². The molecule has 1 atom stereocenters. The van der Waals surface area contributed by atoms with Crippen molar-refractivity contribution in [2.75, 3.05) is 25.0 Å². The van der Waals surface area contributed by atoms with Gasteiger partial charge >= 0.3 is 5.97 Å². The van der Waals surface area contributed by atoms with Gasteiger partial charge in [-0.3, -0.25) is 14.5 Å². The first-order chi connectivity index (χ1) is 15.5. The molecule has 1 unspecified atom stereocenters. The Bertz CT molecular complexity index is 964. The van der Waals surface area contributed by atoms with E-state index in [1.807, 2.05) is 19.1 Å². The van der Waals surface area contributed by atoms with Crippen molar-refractivity contribution in [2.45, 2.75) is 58.4 Å². The molecule has 1 N–H and O–H groups in total. The van der Waals surface area contributed by atoms with Gasteiger partial charge in [-0.15, -0.1) is 11.3 Å². The quantitative estimate of drug-likeness (QED) is 0.553. The summed E-state index contributed by atoms with van der Waals surface area (Å²) in [6.07, 6.45) is 6.06. The van der Waals surface area contributed by atoms with E-state index in [9.17, 15) is 9.59 Å².